The van der Waals surface area contributed by atoms with E-state index < -0.39 is 6.09 Å². The lowest BCUT2D eigenvalue weighted by atomic mass is 10.8. The molecule has 1 radical (unpaired) electrons. The predicted molar refractivity (Wildman–Crippen MR) is 30.6 cm³/mol. The summed E-state index contributed by atoms with van der Waals surface area (Å²) < 4.78 is 4.43. The first kappa shape index (κ1) is 8.23. The van der Waals surface area contributed by atoms with E-state index in [1.807, 2.05) is 0 Å². The highest BCUT2D eigenvalue weighted by molar-refractivity contribution is 5.66. The van der Waals surface area contributed by atoms with Gasteiger partial charge >= 0.3 is 6.09 Å². The zero-order valence-corrected chi connectivity index (χ0v) is 5.59. The summed E-state index contributed by atoms with van der Waals surface area (Å²) in [5, 5.41) is 9.76. The highest BCUT2D eigenvalue weighted by Crippen LogP contribution is 1.83. The van der Waals surface area contributed by atoms with Gasteiger partial charge in [0.15, 0.2) is 0 Å². The molecule has 0 saturated heterocycles. The summed E-state index contributed by atoms with van der Waals surface area (Å²) >= 11 is 0. The van der Waals surface area contributed by atoms with Crippen LogP contribution in [-0.2, 0) is 9.84 Å². The second-order valence-electron chi connectivity index (χ2n) is 1.71. The van der Waals surface area contributed by atoms with Gasteiger partial charge in [-0.1, -0.05) is 0 Å². The van der Waals surface area contributed by atoms with Crippen LogP contribution in [0.5, 0.6) is 0 Å². The summed E-state index contributed by atoms with van der Waals surface area (Å²) in [5.41, 5.74) is 0. The zero-order valence-electron chi connectivity index (χ0n) is 5.59. The largest absolute Gasteiger partial charge is 0.447 e. The van der Waals surface area contributed by atoms with Gasteiger partial charge in [0.2, 0.25) is 0 Å². The fraction of sp³-hybridized carbons (Fsp3) is 0.800. The van der Waals surface area contributed by atoms with Crippen molar-refractivity contribution in [2.75, 3.05) is 27.3 Å². The average Bonchev–Trinajstić information content (AvgIpc) is 1.82. The van der Waals surface area contributed by atoms with Crippen molar-refractivity contribution in [1.29, 1.82) is 0 Å². The molecule has 9 heavy (non-hydrogen) atoms. The fourth-order valence-corrected chi connectivity index (χ4v) is 0.258. The van der Waals surface area contributed by atoms with Crippen LogP contribution in [0.1, 0.15) is 0 Å². The summed E-state index contributed by atoms with van der Waals surface area (Å²) in [6, 6.07) is 0. The number of carbonyl (C=O) groups excluding carboxylic acids is 1. The van der Waals surface area contributed by atoms with Crippen molar-refractivity contribution in [2.24, 2.45) is 0 Å². The summed E-state index contributed by atoms with van der Waals surface area (Å²) in [5.74, 6) is 0. The molecule has 0 atom stereocenters. The zero-order chi connectivity index (χ0) is 7.28. The SMILES string of the molecule is CN(C)C(=O)OCC[O]. The normalized spacial score (nSPS) is 8.78. The number of rotatable bonds is 2. The van der Waals surface area contributed by atoms with Gasteiger partial charge in [-0.15, -0.1) is 0 Å². The summed E-state index contributed by atoms with van der Waals surface area (Å²) in [6.45, 7) is -0.420. The van der Waals surface area contributed by atoms with Crippen LogP contribution in [0.2, 0.25) is 0 Å². The lowest BCUT2D eigenvalue weighted by Gasteiger charge is -2.08. The Hall–Kier alpha value is -0.770. The van der Waals surface area contributed by atoms with Crippen LogP contribution in [0.25, 0.3) is 0 Å². The minimum atomic E-state index is -0.467. The molecule has 0 spiro atoms. The number of amides is 1. The monoisotopic (exact) mass is 132 g/mol. The minimum absolute atomic E-state index is 0.0446. The van der Waals surface area contributed by atoms with Crippen LogP contribution in [0, 0.1) is 0 Å². The van der Waals surface area contributed by atoms with Crippen molar-refractivity contribution in [2.45, 2.75) is 0 Å². The van der Waals surface area contributed by atoms with Gasteiger partial charge in [0, 0.05) is 14.1 Å². The Balaban J connectivity index is 3.28. The second kappa shape index (κ2) is 4.14. The Morgan fingerprint density at radius 1 is 1.56 bits per heavy atom. The smallest absolute Gasteiger partial charge is 0.409 e. The molecular weight excluding hydrogens is 122 g/mol. The quantitative estimate of drug-likeness (QED) is 0.535. The molecule has 53 valence electrons. The van der Waals surface area contributed by atoms with Gasteiger partial charge in [-0.3, -0.25) is 0 Å². The van der Waals surface area contributed by atoms with E-state index in [4.69, 9.17) is 0 Å². The maximum Gasteiger partial charge on any atom is 0.409 e. The summed E-state index contributed by atoms with van der Waals surface area (Å²) in [7, 11) is 3.13. The Morgan fingerprint density at radius 3 is 2.44 bits per heavy atom. The van der Waals surface area contributed by atoms with E-state index in [0.717, 1.165) is 0 Å². The molecule has 0 heterocycles. The molecule has 0 rings (SSSR count). The van der Waals surface area contributed by atoms with E-state index in [1.165, 1.54) is 4.90 Å². The van der Waals surface area contributed by atoms with E-state index in [0.29, 0.717) is 0 Å². The molecule has 0 N–H and O–H groups in total. The number of hydrogen-bond donors (Lipinski definition) is 0. The molecule has 0 aliphatic carbocycles. The Morgan fingerprint density at radius 2 is 2.11 bits per heavy atom. The number of nitrogens with zero attached hydrogens (tertiary/aromatic N) is 1. The molecule has 0 aromatic carbocycles. The topological polar surface area (TPSA) is 49.4 Å². The Kier molecular flexibility index (Phi) is 3.79. The first-order chi connectivity index (χ1) is 4.18. The molecule has 0 fully saturated rings. The molecule has 0 saturated carbocycles. The number of ether oxygens (including phenoxy) is 1. The van der Waals surface area contributed by atoms with Crippen molar-refractivity contribution < 1.29 is 14.6 Å². The highest BCUT2D eigenvalue weighted by Gasteiger charge is 2.01. The van der Waals surface area contributed by atoms with Gasteiger partial charge in [-0.05, 0) is 0 Å². The highest BCUT2D eigenvalue weighted by atomic mass is 16.6. The van der Waals surface area contributed by atoms with Gasteiger partial charge < -0.3 is 9.64 Å². The van der Waals surface area contributed by atoms with E-state index in [2.05, 4.69) is 4.74 Å². The van der Waals surface area contributed by atoms with Gasteiger partial charge in [0.25, 0.3) is 0 Å². The third kappa shape index (κ3) is 3.78. The van der Waals surface area contributed by atoms with Gasteiger partial charge in [-0.2, -0.15) is 0 Å². The lowest BCUT2D eigenvalue weighted by Crippen LogP contribution is -2.23. The molecule has 0 aromatic heterocycles. The second-order valence-corrected chi connectivity index (χ2v) is 1.71. The Labute approximate surface area is 54.0 Å². The van der Waals surface area contributed by atoms with Gasteiger partial charge in [0.1, 0.15) is 13.2 Å². The predicted octanol–water partition coefficient (Wildman–Crippen LogP) is 0.115. The molecule has 4 heteroatoms. The third-order valence-corrected chi connectivity index (χ3v) is 0.674. The van der Waals surface area contributed by atoms with E-state index >= 15 is 0 Å². The van der Waals surface area contributed by atoms with Crippen LogP contribution in [0.4, 0.5) is 4.79 Å². The van der Waals surface area contributed by atoms with Crippen LogP contribution in [-0.4, -0.2) is 38.3 Å². The van der Waals surface area contributed by atoms with Crippen LogP contribution >= 0.6 is 0 Å². The van der Waals surface area contributed by atoms with Crippen LogP contribution in [0.3, 0.4) is 0 Å². The maximum atomic E-state index is 10.5. The van der Waals surface area contributed by atoms with Crippen LogP contribution in [0.15, 0.2) is 0 Å². The standard InChI is InChI=1S/C5H10NO3/c1-6(2)5(8)9-4-3-7/h3-4H2,1-2H3. The molecular formula is C5H10NO3. The van der Waals surface area contributed by atoms with Crippen molar-refractivity contribution in [3.8, 4) is 0 Å². The summed E-state index contributed by atoms with van der Waals surface area (Å²) in [4.78, 5) is 11.7. The third-order valence-electron chi connectivity index (χ3n) is 0.674. The molecule has 0 aliphatic heterocycles. The van der Waals surface area contributed by atoms with E-state index in [-0.39, 0.29) is 13.2 Å². The molecule has 1 amide bonds. The minimum Gasteiger partial charge on any atom is -0.447 e. The van der Waals surface area contributed by atoms with Crippen molar-refractivity contribution in [1.82, 2.24) is 4.90 Å². The number of hydrogen-bond acceptors (Lipinski definition) is 2. The average molecular weight is 132 g/mol. The fourth-order valence-electron chi connectivity index (χ4n) is 0.258. The van der Waals surface area contributed by atoms with Gasteiger partial charge in [-0.25, -0.2) is 9.90 Å². The number of carbonyl (C=O) groups is 1. The van der Waals surface area contributed by atoms with Crippen LogP contribution < -0.4 is 0 Å². The van der Waals surface area contributed by atoms with Crippen molar-refractivity contribution >= 4 is 6.09 Å². The van der Waals surface area contributed by atoms with Crippen molar-refractivity contribution in [3.63, 3.8) is 0 Å². The molecule has 0 aromatic rings. The first-order valence-electron chi connectivity index (χ1n) is 2.60. The maximum absolute atomic E-state index is 10.5. The van der Waals surface area contributed by atoms with Crippen molar-refractivity contribution in [3.05, 3.63) is 0 Å². The molecule has 0 unspecified atom stereocenters. The first-order valence-corrected chi connectivity index (χ1v) is 2.60. The lowest BCUT2D eigenvalue weighted by molar-refractivity contribution is 0.0765. The molecule has 0 aliphatic rings. The van der Waals surface area contributed by atoms with E-state index in [9.17, 15) is 9.90 Å². The van der Waals surface area contributed by atoms with E-state index in [1.54, 1.807) is 14.1 Å². The molecule has 0 bridgehead atoms. The Bertz CT molecular complexity index is 92.2. The van der Waals surface area contributed by atoms with Gasteiger partial charge in [0.05, 0.1) is 0 Å². The molecule has 4 nitrogen and oxygen atoms in total. The summed E-state index contributed by atoms with van der Waals surface area (Å²) in [6.07, 6.45) is -0.467.